The number of urea groups is 1. The molecule has 0 radical (unpaired) electrons. The van der Waals surface area contributed by atoms with Crippen molar-refractivity contribution in [2.45, 2.75) is 16.5 Å². The Labute approximate surface area is 112 Å². The van der Waals surface area contributed by atoms with E-state index in [1.54, 1.807) is 6.92 Å². The summed E-state index contributed by atoms with van der Waals surface area (Å²) in [6.45, 7) is 1.70. The predicted octanol–water partition coefficient (Wildman–Crippen LogP) is 1.97. The van der Waals surface area contributed by atoms with Crippen LogP contribution in [0.1, 0.15) is 6.92 Å². The molecule has 0 saturated carbocycles. The Bertz CT molecular complexity index is 564. The summed E-state index contributed by atoms with van der Waals surface area (Å²) < 4.78 is 1.87. The van der Waals surface area contributed by atoms with E-state index >= 15 is 0 Å². The molecule has 0 saturated heterocycles. The number of benzene rings is 1. The molecule has 1 unspecified atom stereocenters. The van der Waals surface area contributed by atoms with Gasteiger partial charge in [-0.3, -0.25) is 10.1 Å². The molecule has 0 fully saturated rings. The van der Waals surface area contributed by atoms with E-state index in [0.29, 0.717) is 0 Å². The highest BCUT2D eigenvalue weighted by molar-refractivity contribution is 8.02. The number of aromatic nitrogens is 1. The van der Waals surface area contributed by atoms with E-state index < -0.39 is 17.2 Å². The number of amides is 3. The van der Waals surface area contributed by atoms with Crippen molar-refractivity contribution < 1.29 is 9.59 Å². The number of rotatable bonds is 3. The minimum atomic E-state index is -0.836. The number of thioether (sulfide) groups is 1. The van der Waals surface area contributed by atoms with Crippen LogP contribution in [0.25, 0.3) is 10.2 Å². The average Bonchev–Trinajstić information content (AvgIpc) is 2.69. The molecule has 0 aliphatic rings. The number of hydrogen-bond donors (Lipinski definition) is 2. The molecular weight excluding hydrogens is 270 g/mol. The summed E-state index contributed by atoms with van der Waals surface area (Å²) in [4.78, 5) is 26.5. The number of carbonyl (C=O) groups excluding carboxylic acids is 2. The van der Waals surface area contributed by atoms with E-state index in [2.05, 4.69) is 10.3 Å². The summed E-state index contributed by atoms with van der Waals surface area (Å²) >= 11 is 2.82. The molecule has 3 amide bonds. The monoisotopic (exact) mass is 281 g/mol. The number of para-hydroxylation sites is 1. The number of primary amides is 1. The van der Waals surface area contributed by atoms with Crippen LogP contribution in [-0.2, 0) is 4.79 Å². The van der Waals surface area contributed by atoms with E-state index in [4.69, 9.17) is 5.73 Å². The minimum absolute atomic E-state index is 0.410. The van der Waals surface area contributed by atoms with Gasteiger partial charge < -0.3 is 5.73 Å². The fraction of sp³-hybridized carbons (Fsp3) is 0.182. The lowest BCUT2D eigenvalue weighted by atomic mass is 10.3. The Morgan fingerprint density at radius 3 is 2.83 bits per heavy atom. The molecule has 2 aromatic rings. The molecule has 3 N–H and O–H groups in total. The van der Waals surface area contributed by atoms with Crippen molar-refractivity contribution in [3.8, 4) is 0 Å². The first kappa shape index (κ1) is 12.8. The van der Waals surface area contributed by atoms with Crippen molar-refractivity contribution in [3.63, 3.8) is 0 Å². The fourth-order valence-corrected chi connectivity index (χ4v) is 3.54. The molecule has 2 rings (SSSR count). The first-order valence-corrected chi connectivity index (χ1v) is 6.88. The zero-order valence-electron chi connectivity index (χ0n) is 9.54. The van der Waals surface area contributed by atoms with Crippen LogP contribution in [0.2, 0.25) is 0 Å². The molecule has 5 nitrogen and oxygen atoms in total. The second-order valence-electron chi connectivity index (χ2n) is 3.56. The van der Waals surface area contributed by atoms with Gasteiger partial charge in [-0.05, 0) is 19.1 Å². The Morgan fingerprint density at radius 2 is 2.17 bits per heavy atom. The lowest BCUT2D eigenvalue weighted by molar-refractivity contribution is -0.119. The lowest BCUT2D eigenvalue weighted by Gasteiger charge is -2.06. The Morgan fingerprint density at radius 1 is 1.44 bits per heavy atom. The van der Waals surface area contributed by atoms with Crippen LogP contribution in [0.3, 0.4) is 0 Å². The molecule has 0 aliphatic heterocycles. The van der Waals surface area contributed by atoms with Gasteiger partial charge in [-0.25, -0.2) is 9.78 Å². The van der Waals surface area contributed by atoms with Gasteiger partial charge in [0, 0.05) is 0 Å². The number of nitrogens with two attached hydrogens (primary N) is 1. The third kappa shape index (κ3) is 2.99. The highest BCUT2D eigenvalue weighted by Crippen LogP contribution is 2.31. The van der Waals surface area contributed by atoms with Gasteiger partial charge in [0.2, 0.25) is 5.91 Å². The van der Waals surface area contributed by atoms with E-state index in [1.807, 2.05) is 24.3 Å². The molecular formula is C11H11N3O2S2. The van der Waals surface area contributed by atoms with Crippen molar-refractivity contribution in [3.05, 3.63) is 24.3 Å². The van der Waals surface area contributed by atoms with Crippen molar-refractivity contribution in [2.24, 2.45) is 5.73 Å². The zero-order chi connectivity index (χ0) is 13.1. The third-order valence-electron chi connectivity index (χ3n) is 2.17. The maximum atomic E-state index is 11.5. The number of carbonyl (C=O) groups is 2. The standard InChI is InChI=1S/C11H11N3O2S2/c1-6(9(15)14-10(12)16)17-11-13-7-4-2-3-5-8(7)18-11/h2-6H,1H3,(H3,12,14,15,16). The molecule has 1 atom stereocenters. The largest absolute Gasteiger partial charge is 0.351 e. The van der Waals surface area contributed by atoms with E-state index in [0.717, 1.165) is 14.6 Å². The molecule has 0 bridgehead atoms. The number of thiazole rings is 1. The summed E-state index contributed by atoms with van der Waals surface area (Å²) in [6, 6.07) is 6.92. The first-order chi connectivity index (χ1) is 8.56. The highest BCUT2D eigenvalue weighted by atomic mass is 32.2. The van der Waals surface area contributed by atoms with Gasteiger partial charge in [0.05, 0.1) is 15.5 Å². The number of fused-ring (bicyclic) bond motifs is 1. The van der Waals surface area contributed by atoms with Crippen LogP contribution < -0.4 is 11.1 Å². The molecule has 94 valence electrons. The number of hydrogen-bond acceptors (Lipinski definition) is 5. The lowest BCUT2D eigenvalue weighted by Crippen LogP contribution is -2.39. The molecule has 1 aromatic carbocycles. The van der Waals surface area contributed by atoms with Gasteiger partial charge in [-0.15, -0.1) is 11.3 Å². The maximum absolute atomic E-state index is 11.5. The topological polar surface area (TPSA) is 85.1 Å². The zero-order valence-corrected chi connectivity index (χ0v) is 11.2. The predicted molar refractivity (Wildman–Crippen MR) is 72.7 cm³/mol. The quantitative estimate of drug-likeness (QED) is 0.842. The third-order valence-corrected chi connectivity index (χ3v) is 4.40. The fourth-order valence-electron chi connectivity index (χ4n) is 1.33. The van der Waals surface area contributed by atoms with Gasteiger partial charge in [-0.2, -0.15) is 0 Å². The summed E-state index contributed by atoms with van der Waals surface area (Å²) in [7, 11) is 0. The van der Waals surface area contributed by atoms with E-state index in [-0.39, 0.29) is 0 Å². The normalized spacial score (nSPS) is 12.3. The van der Waals surface area contributed by atoms with Crippen molar-refractivity contribution in [1.29, 1.82) is 0 Å². The Hall–Kier alpha value is -1.60. The SMILES string of the molecule is CC(Sc1nc2ccccc2s1)C(=O)NC(N)=O. The first-order valence-electron chi connectivity index (χ1n) is 5.19. The molecule has 18 heavy (non-hydrogen) atoms. The van der Waals surface area contributed by atoms with Gasteiger partial charge in [0.15, 0.2) is 4.34 Å². The highest BCUT2D eigenvalue weighted by Gasteiger charge is 2.17. The van der Waals surface area contributed by atoms with Crippen LogP contribution in [0, 0.1) is 0 Å². The molecule has 1 heterocycles. The van der Waals surface area contributed by atoms with Gasteiger partial charge in [-0.1, -0.05) is 23.9 Å². The van der Waals surface area contributed by atoms with Crippen LogP contribution in [0.4, 0.5) is 4.79 Å². The van der Waals surface area contributed by atoms with Crippen LogP contribution in [0.5, 0.6) is 0 Å². The van der Waals surface area contributed by atoms with Crippen LogP contribution in [-0.4, -0.2) is 22.2 Å². The van der Waals surface area contributed by atoms with Gasteiger partial charge in [0.1, 0.15) is 0 Å². The van der Waals surface area contributed by atoms with E-state index in [9.17, 15) is 9.59 Å². The molecule has 0 spiro atoms. The Balaban J connectivity index is 2.09. The summed E-state index contributed by atoms with van der Waals surface area (Å²) in [6.07, 6.45) is 0. The molecule has 1 aromatic heterocycles. The summed E-state index contributed by atoms with van der Waals surface area (Å²) in [5.41, 5.74) is 5.80. The number of imide groups is 1. The summed E-state index contributed by atoms with van der Waals surface area (Å²) in [5.74, 6) is -0.410. The maximum Gasteiger partial charge on any atom is 0.318 e. The van der Waals surface area contributed by atoms with Crippen molar-refractivity contribution in [1.82, 2.24) is 10.3 Å². The second kappa shape index (κ2) is 5.36. The van der Waals surface area contributed by atoms with Crippen LogP contribution in [0.15, 0.2) is 28.6 Å². The van der Waals surface area contributed by atoms with E-state index in [1.165, 1.54) is 23.1 Å². The van der Waals surface area contributed by atoms with Crippen molar-refractivity contribution >= 4 is 45.3 Å². The average molecular weight is 281 g/mol. The second-order valence-corrected chi connectivity index (χ2v) is 6.18. The summed E-state index contributed by atoms with van der Waals surface area (Å²) in [5, 5.41) is 1.63. The van der Waals surface area contributed by atoms with Crippen LogP contribution >= 0.6 is 23.1 Å². The Kier molecular flexibility index (Phi) is 3.83. The van der Waals surface area contributed by atoms with Gasteiger partial charge >= 0.3 is 6.03 Å². The number of nitrogens with zero attached hydrogens (tertiary/aromatic N) is 1. The van der Waals surface area contributed by atoms with Gasteiger partial charge in [0.25, 0.3) is 0 Å². The molecule has 7 heteroatoms. The van der Waals surface area contributed by atoms with Crippen molar-refractivity contribution in [2.75, 3.05) is 0 Å². The number of nitrogens with one attached hydrogen (secondary N) is 1. The smallest absolute Gasteiger partial charge is 0.318 e. The molecule has 0 aliphatic carbocycles. The minimum Gasteiger partial charge on any atom is -0.351 e.